The van der Waals surface area contributed by atoms with Gasteiger partial charge in [-0.25, -0.2) is 0 Å². The maximum absolute atomic E-state index is 11.2. The first-order valence-electron chi connectivity index (χ1n) is 7.34. The standard InChI is InChI=1S/C15H24N2O3S/c1-13-5-6-15(21(18,19)20)12-14(13)4-3-7-17-10-8-16(2)9-11-17/h5-6,12H,3-4,7-11H2,1-2H3,(H,18,19,20). The van der Waals surface area contributed by atoms with Gasteiger partial charge in [0.25, 0.3) is 10.1 Å². The van der Waals surface area contributed by atoms with Gasteiger partial charge in [-0.2, -0.15) is 8.42 Å². The highest BCUT2D eigenvalue weighted by molar-refractivity contribution is 7.85. The van der Waals surface area contributed by atoms with Crippen LogP contribution in [0.25, 0.3) is 0 Å². The van der Waals surface area contributed by atoms with E-state index in [0.29, 0.717) is 0 Å². The Morgan fingerprint density at radius 2 is 1.86 bits per heavy atom. The van der Waals surface area contributed by atoms with Crippen LogP contribution in [-0.4, -0.2) is 62.5 Å². The van der Waals surface area contributed by atoms with Crippen LogP contribution in [0.5, 0.6) is 0 Å². The average molecular weight is 312 g/mol. The lowest BCUT2D eigenvalue weighted by Gasteiger charge is -2.32. The first kappa shape index (κ1) is 16.4. The molecule has 0 radical (unpaired) electrons. The lowest BCUT2D eigenvalue weighted by molar-refractivity contribution is 0.153. The van der Waals surface area contributed by atoms with Gasteiger partial charge in [0, 0.05) is 26.2 Å². The summed E-state index contributed by atoms with van der Waals surface area (Å²) in [6.07, 6.45) is 1.83. The van der Waals surface area contributed by atoms with E-state index in [4.69, 9.17) is 4.55 Å². The van der Waals surface area contributed by atoms with Gasteiger partial charge in [0.05, 0.1) is 4.90 Å². The van der Waals surface area contributed by atoms with Gasteiger partial charge in [-0.1, -0.05) is 6.07 Å². The van der Waals surface area contributed by atoms with E-state index in [-0.39, 0.29) is 4.90 Å². The molecule has 1 aliphatic heterocycles. The highest BCUT2D eigenvalue weighted by atomic mass is 32.2. The minimum absolute atomic E-state index is 0.0114. The molecule has 1 aromatic rings. The zero-order valence-corrected chi connectivity index (χ0v) is 13.6. The molecule has 2 rings (SSSR count). The second-order valence-corrected chi connectivity index (χ2v) is 7.23. The third-order valence-electron chi connectivity index (χ3n) is 4.13. The summed E-state index contributed by atoms with van der Waals surface area (Å²) in [6.45, 7) is 7.41. The molecular weight excluding hydrogens is 288 g/mol. The zero-order chi connectivity index (χ0) is 15.5. The molecule has 6 heteroatoms. The predicted molar refractivity (Wildman–Crippen MR) is 83.3 cm³/mol. The molecule has 21 heavy (non-hydrogen) atoms. The van der Waals surface area contributed by atoms with Crippen molar-refractivity contribution in [2.75, 3.05) is 39.8 Å². The van der Waals surface area contributed by atoms with Crippen LogP contribution in [0.15, 0.2) is 23.1 Å². The van der Waals surface area contributed by atoms with Gasteiger partial charge in [-0.3, -0.25) is 4.55 Å². The van der Waals surface area contributed by atoms with Gasteiger partial charge in [0.2, 0.25) is 0 Å². The maximum Gasteiger partial charge on any atom is 0.294 e. The molecule has 0 unspecified atom stereocenters. The van der Waals surface area contributed by atoms with Crippen LogP contribution in [0.2, 0.25) is 0 Å². The molecule has 0 amide bonds. The van der Waals surface area contributed by atoms with Crippen molar-refractivity contribution in [3.05, 3.63) is 29.3 Å². The van der Waals surface area contributed by atoms with Gasteiger partial charge in [-0.15, -0.1) is 0 Å². The van der Waals surface area contributed by atoms with Gasteiger partial charge >= 0.3 is 0 Å². The number of hydrogen-bond acceptors (Lipinski definition) is 4. The summed E-state index contributed by atoms with van der Waals surface area (Å²) in [7, 11) is -1.97. The largest absolute Gasteiger partial charge is 0.304 e. The van der Waals surface area contributed by atoms with E-state index in [0.717, 1.165) is 56.7 Å². The Balaban J connectivity index is 1.91. The Labute approximate surface area is 127 Å². The highest BCUT2D eigenvalue weighted by Crippen LogP contribution is 2.17. The van der Waals surface area contributed by atoms with Crippen LogP contribution in [-0.2, 0) is 16.5 Å². The van der Waals surface area contributed by atoms with E-state index < -0.39 is 10.1 Å². The summed E-state index contributed by atoms with van der Waals surface area (Å²) < 4.78 is 31.5. The molecule has 0 saturated carbocycles. The molecule has 5 nitrogen and oxygen atoms in total. The number of benzene rings is 1. The van der Waals surface area contributed by atoms with E-state index in [1.54, 1.807) is 12.1 Å². The molecule has 1 heterocycles. The number of hydrogen-bond donors (Lipinski definition) is 1. The molecule has 0 spiro atoms. The fraction of sp³-hybridized carbons (Fsp3) is 0.600. The smallest absolute Gasteiger partial charge is 0.294 e. The molecular formula is C15H24N2O3S. The molecule has 0 bridgehead atoms. The van der Waals surface area contributed by atoms with Crippen molar-refractivity contribution in [3.63, 3.8) is 0 Å². The number of nitrogens with zero attached hydrogens (tertiary/aromatic N) is 2. The zero-order valence-electron chi connectivity index (χ0n) is 12.7. The molecule has 0 atom stereocenters. The normalized spacial score (nSPS) is 18.0. The van der Waals surface area contributed by atoms with Crippen LogP contribution in [0.3, 0.4) is 0 Å². The Morgan fingerprint density at radius 3 is 2.48 bits per heavy atom. The maximum atomic E-state index is 11.2. The molecule has 0 aliphatic carbocycles. The monoisotopic (exact) mass is 312 g/mol. The van der Waals surface area contributed by atoms with Crippen molar-refractivity contribution >= 4 is 10.1 Å². The number of aryl methyl sites for hydroxylation is 2. The van der Waals surface area contributed by atoms with E-state index in [1.165, 1.54) is 6.07 Å². The second kappa shape index (κ2) is 6.87. The van der Waals surface area contributed by atoms with Crippen LogP contribution in [0.1, 0.15) is 17.5 Å². The predicted octanol–water partition coefficient (Wildman–Crippen LogP) is 1.42. The lowest BCUT2D eigenvalue weighted by atomic mass is 10.0. The van der Waals surface area contributed by atoms with E-state index >= 15 is 0 Å². The van der Waals surface area contributed by atoms with Crippen LogP contribution < -0.4 is 0 Å². The van der Waals surface area contributed by atoms with Crippen LogP contribution >= 0.6 is 0 Å². The van der Waals surface area contributed by atoms with Crippen molar-refractivity contribution in [2.24, 2.45) is 0 Å². The van der Waals surface area contributed by atoms with Crippen LogP contribution in [0.4, 0.5) is 0 Å². The minimum atomic E-state index is -4.11. The number of rotatable bonds is 5. The fourth-order valence-corrected chi connectivity index (χ4v) is 3.17. The van der Waals surface area contributed by atoms with E-state index in [1.807, 2.05) is 6.92 Å². The quantitative estimate of drug-likeness (QED) is 0.833. The molecule has 1 aliphatic rings. The van der Waals surface area contributed by atoms with Crippen molar-refractivity contribution < 1.29 is 13.0 Å². The molecule has 1 aromatic carbocycles. The molecule has 1 fully saturated rings. The molecule has 1 saturated heterocycles. The van der Waals surface area contributed by atoms with Gasteiger partial charge < -0.3 is 9.80 Å². The van der Waals surface area contributed by atoms with Crippen LogP contribution in [0, 0.1) is 6.92 Å². The minimum Gasteiger partial charge on any atom is -0.304 e. The van der Waals surface area contributed by atoms with Gasteiger partial charge in [-0.05, 0) is 56.6 Å². The summed E-state index contributed by atoms with van der Waals surface area (Å²) in [5, 5.41) is 0. The fourth-order valence-electron chi connectivity index (χ4n) is 2.64. The second-order valence-electron chi connectivity index (χ2n) is 5.81. The summed E-state index contributed by atoms with van der Waals surface area (Å²) >= 11 is 0. The Kier molecular flexibility index (Phi) is 5.37. The first-order chi connectivity index (χ1) is 9.86. The Bertz CT molecular complexity index is 579. The van der Waals surface area contributed by atoms with Crippen molar-refractivity contribution in [3.8, 4) is 0 Å². The third-order valence-corrected chi connectivity index (χ3v) is 4.98. The lowest BCUT2D eigenvalue weighted by Crippen LogP contribution is -2.44. The topological polar surface area (TPSA) is 60.9 Å². The van der Waals surface area contributed by atoms with E-state index in [2.05, 4.69) is 16.8 Å². The van der Waals surface area contributed by atoms with Crippen molar-refractivity contribution in [2.45, 2.75) is 24.7 Å². The van der Waals surface area contributed by atoms with Gasteiger partial charge in [0.15, 0.2) is 0 Å². The third kappa shape index (κ3) is 4.78. The highest BCUT2D eigenvalue weighted by Gasteiger charge is 2.14. The molecule has 118 valence electrons. The molecule has 0 aromatic heterocycles. The summed E-state index contributed by atoms with van der Waals surface area (Å²) in [6, 6.07) is 4.80. The van der Waals surface area contributed by atoms with Crippen molar-refractivity contribution in [1.82, 2.24) is 9.80 Å². The Morgan fingerprint density at radius 1 is 1.19 bits per heavy atom. The van der Waals surface area contributed by atoms with Gasteiger partial charge in [0.1, 0.15) is 0 Å². The summed E-state index contributed by atoms with van der Waals surface area (Å²) in [4.78, 5) is 4.76. The Hall–Kier alpha value is -0.950. The summed E-state index contributed by atoms with van der Waals surface area (Å²) in [5.74, 6) is 0. The molecule has 1 N–H and O–H groups in total. The summed E-state index contributed by atoms with van der Waals surface area (Å²) in [5.41, 5.74) is 2.07. The number of piperazine rings is 1. The van der Waals surface area contributed by atoms with Crippen molar-refractivity contribution in [1.29, 1.82) is 0 Å². The average Bonchev–Trinajstić information content (AvgIpc) is 2.42. The number of likely N-dealkylation sites (N-methyl/N-ethyl adjacent to an activating group) is 1. The SMILES string of the molecule is Cc1ccc(S(=O)(=O)O)cc1CCCN1CCN(C)CC1. The first-order valence-corrected chi connectivity index (χ1v) is 8.78. The van der Waals surface area contributed by atoms with E-state index in [9.17, 15) is 8.42 Å².